The number of halogens is 2. The minimum atomic E-state index is -0.486. The lowest BCUT2D eigenvalue weighted by Gasteiger charge is -2.31. The second-order valence-electron chi connectivity index (χ2n) is 6.97. The molecule has 0 aliphatic carbocycles. The molecule has 8 heteroatoms. The molecule has 0 radical (unpaired) electrons. The van der Waals surface area contributed by atoms with Gasteiger partial charge in [-0.15, -0.1) is 0 Å². The first-order valence-electron chi connectivity index (χ1n) is 9.68. The van der Waals surface area contributed by atoms with Crippen LogP contribution in [0.4, 0.5) is 4.39 Å². The van der Waals surface area contributed by atoms with Crippen LogP contribution in [0.2, 0.25) is 0 Å². The van der Waals surface area contributed by atoms with Gasteiger partial charge in [0.05, 0.1) is 26.2 Å². The number of hydrogen-bond donors (Lipinski definition) is 0. The average Bonchev–Trinajstić information content (AvgIpc) is 2.76. The van der Waals surface area contributed by atoms with Crippen molar-refractivity contribution in [2.75, 3.05) is 27.4 Å². The van der Waals surface area contributed by atoms with Crippen molar-refractivity contribution in [2.24, 2.45) is 0 Å². The molecule has 31 heavy (non-hydrogen) atoms. The van der Waals surface area contributed by atoms with E-state index in [1.165, 1.54) is 29.3 Å². The molecule has 6 nitrogen and oxygen atoms in total. The van der Waals surface area contributed by atoms with Crippen molar-refractivity contribution in [1.29, 1.82) is 0 Å². The molecule has 1 aliphatic heterocycles. The fourth-order valence-corrected chi connectivity index (χ4v) is 3.78. The third kappa shape index (κ3) is 5.71. The molecule has 0 saturated heterocycles. The molecule has 0 bridgehead atoms. The number of carbonyl (C=O) groups excluding carboxylic acids is 2. The summed E-state index contributed by atoms with van der Waals surface area (Å²) in [4.78, 5) is 26.7. The summed E-state index contributed by atoms with van der Waals surface area (Å²) in [6.45, 7) is 0.755. The Hall–Kier alpha value is -2.71. The van der Waals surface area contributed by atoms with E-state index in [-0.39, 0.29) is 30.3 Å². The molecular weight excluding hydrogens is 469 g/mol. The SMILES string of the molecule is COCCOc1cc(CC(=O)N2C=CC(=O)C[C@H]2c2ccc(F)cc2)c(Br)cc1OC. The quantitative estimate of drug-likeness (QED) is 0.517. The molecular formula is C23H23BrFNO5. The summed E-state index contributed by atoms with van der Waals surface area (Å²) in [5.41, 5.74) is 1.41. The zero-order chi connectivity index (χ0) is 22.4. The minimum Gasteiger partial charge on any atom is -0.493 e. The number of benzene rings is 2. The van der Waals surface area contributed by atoms with Gasteiger partial charge in [-0.25, -0.2) is 4.39 Å². The lowest BCUT2D eigenvalue weighted by Crippen LogP contribution is -2.35. The van der Waals surface area contributed by atoms with Crippen molar-refractivity contribution in [1.82, 2.24) is 4.90 Å². The number of ether oxygens (including phenoxy) is 3. The van der Waals surface area contributed by atoms with Crippen molar-refractivity contribution in [3.05, 3.63) is 70.1 Å². The van der Waals surface area contributed by atoms with E-state index >= 15 is 0 Å². The number of allylic oxidation sites excluding steroid dienone is 1. The van der Waals surface area contributed by atoms with E-state index < -0.39 is 6.04 Å². The fourth-order valence-electron chi connectivity index (χ4n) is 3.32. The molecule has 164 valence electrons. The summed E-state index contributed by atoms with van der Waals surface area (Å²) in [7, 11) is 3.12. The van der Waals surface area contributed by atoms with Crippen LogP contribution in [0.15, 0.2) is 53.1 Å². The molecule has 0 spiro atoms. The standard InChI is InChI=1S/C23H23BrFNO5/c1-29-9-10-31-22-11-16(19(24)14-21(22)30-2)12-23(28)26-8-7-18(27)13-20(26)15-3-5-17(25)6-4-15/h3-8,11,14,20H,9-10,12-13H2,1-2H3/t20-/m0/s1. The van der Waals surface area contributed by atoms with Crippen LogP contribution in [-0.4, -0.2) is 44.0 Å². The van der Waals surface area contributed by atoms with E-state index in [0.717, 1.165) is 0 Å². The van der Waals surface area contributed by atoms with Crippen LogP contribution in [0.1, 0.15) is 23.6 Å². The summed E-state index contributed by atoms with van der Waals surface area (Å²) in [6, 6.07) is 8.85. The molecule has 1 atom stereocenters. The largest absolute Gasteiger partial charge is 0.493 e. The van der Waals surface area contributed by atoms with Crippen molar-refractivity contribution in [2.45, 2.75) is 18.9 Å². The maximum Gasteiger partial charge on any atom is 0.231 e. The number of carbonyl (C=O) groups is 2. The van der Waals surface area contributed by atoms with Gasteiger partial charge in [0.25, 0.3) is 0 Å². The first kappa shape index (κ1) is 23.0. The molecule has 3 rings (SSSR count). The van der Waals surface area contributed by atoms with Crippen LogP contribution < -0.4 is 9.47 Å². The van der Waals surface area contributed by atoms with Gasteiger partial charge >= 0.3 is 0 Å². The number of methoxy groups -OCH3 is 2. The lowest BCUT2D eigenvalue weighted by atomic mass is 9.96. The first-order valence-corrected chi connectivity index (χ1v) is 10.5. The Bertz CT molecular complexity index is 977. The van der Waals surface area contributed by atoms with Gasteiger partial charge in [0, 0.05) is 24.2 Å². The van der Waals surface area contributed by atoms with Crippen LogP contribution >= 0.6 is 15.9 Å². The van der Waals surface area contributed by atoms with Crippen molar-refractivity contribution < 1.29 is 28.2 Å². The highest BCUT2D eigenvalue weighted by atomic mass is 79.9. The third-order valence-electron chi connectivity index (χ3n) is 4.91. The van der Waals surface area contributed by atoms with Gasteiger partial charge in [0.2, 0.25) is 5.91 Å². The third-order valence-corrected chi connectivity index (χ3v) is 5.65. The van der Waals surface area contributed by atoms with Crippen LogP contribution in [0.25, 0.3) is 0 Å². The minimum absolute atomic E-state index is 0.0709. The van der Waals surface area contributed by atoms with Crippen molar-refractivity contribution >= 4 is 27.6 Å². The van der Waals surface area contributed by atoms with Crippen molar-refractivity contribution in [3.63, 3.8) is 0 Å². The molecule has 2 aromatic rings. The highest BCUT2D eigenvalue weighted by Gasteiger charge is 2.29. The van der Waals surface area contributed by atoms with Crippen molar-refractivity contribution in [3.8, 4) is 11.5 Å². The van der Waals surface area contributed by atoms with Crippen LogP contribution in [0.5, 0.6) is 11.5 Å². The Labute approximate surface area is 188 Å². The molecule has 0 saturated carbocycles. The highest BCUT2D eigenvalue weighted by Crippen LogP contribution is 2.35. The smallest absolute Gasteiger partial charge is 0.231 e. The number of nitrogens with zero attached hydrogens (tertiary/aromatic N) is 1. The summed E-state index contributed by atoms with van der Waals surface area (Å²) in [5, 5.41) is 0. The first-order chi connectivity index (χ1) is 14.9. The predicted molar refractivity (Wildman–Crippen MR) is 117 cm³/mol. The molecule has 1 amide bonds. The number of hydrogen-bond acceptors (Lipinski definition) is 5. The van der Waals surface area contributed by atoms with E-state index in [4.69, 9.17) is 14.2 Å². The number of ketones is 1. The zero-order valence-corrected chi connectivity index (χ0v) is 18.9. The summed E-state index contributed by atoms with van der Waals surface area (Å²) >= 11 is 3.49. The lowest BCUT2D eigenvalue weighted by molar-refractivity contribution is -0.131. The van der Waals surface area contributed by atoms with E-state index in [9.17, 15) is 14.0 Å². The molecule has 1 aliphatic rings. The normalized spacial score (nSPS) is 15.8. The Morgan fingerprint density at radius 3 is 2.58 bits per heavy atom. The second-order valence-corrected chi connectivity index (χ2v) is 7.82. The molecule has 0 unspecified atom stereocenters. The topological polar surface area (TPSA) is 65.1 Å². The maximum absolute atomic E-state index is 13.3. The molecule has 0 fully saturated rings. The summed E-state index contributed by atoms with van der Waals surface area (Å²) in [6.07, 6.45) is 3.10. The van der Waals surface area contributed by atoms with Gasteiger partial charge in [0.15, 0.2) is 17.3 Å². The number of rotatable bonds is 8. The van der Waals surface area contributed by atoms with E-state index in [1.807, 2.05) is 0 Å². The molecule has 0 N–H and O–H groups in total. The number of amides is 1. The van der Waals surface area contributed by atoms with E-state index in [2.05, 4.69) is 15.9 Å². The van der Waals surface area contributed by atoms with Gasteiger partial charge in [0.1, 0.15) is 12.4 Å². The van der Waals surface area contributed by atoms with Gasteiger partial charge in [-0.05, 0) is 41.5 Å². The monoisotopic (exact) mass is 491 g/mol. The fraction of sp³-hybridized carbons (Fsp3) is 0.304. The molecule has 2 aromatic carbocycles. The Morgan fingerprint density at radius 1 is 1.16 bits per heavy atom. The average molecular weight is 492 g/mol. The van der Waals surface area contributed by atoms with Crippen LogP contribution in [0, 0.1) is 5.82 Å². The highest BCUT2D eigenvalue weighted by molar-refractivity contribution is 9.10. The zero-order valence-electron chi connectivity index (χ0n) is 17.3. The van der Waals surface area contributed by atoms with Crippen LogP contribution in [-0.2, 0) is 20.7 Å². The van der Waals surface area contributed by atoms with Gasteiger partial charge < -0.3 is 19.1 Å². The van der Waals surface area contributed by atoms with Gasteiger partial charge in [-0.3, -0.25) is 9.59 Å². The molecule has 0 aromatic heterocycles. The van der Waals surface area contributed by atoms with E-state index in [1.54, 1.807) is 38.5 Å². The Kier molecular flexibility index (Phi) is 7.81. The second kappa shape index (κ2) is 10.5. The predicted octanol–water partition coefficient (Wildman–Crippen LogP) is 4.22. The Balaban J connectivity index is 1.84. The van der Waals surface area contributed by atoms with E-state index in [0.29, 0.717) is 40.3 Å². The summed E-state index contributed by atoms with van der Waals surface area (Å²) in [5.74, 6) is 0.379. The molecule has 1 heterocycles. The summed E-state index contributed by atoms with van der Waals surface area (Å²) < 4.78 is 30.1. The van der Waals surface area contributed by atoms with Crippen LogP contribution in [0.3, 0.4) is 0 Å². The van der Waals surface area contributed by atoms with Gasteiger partial charge in [-0.1, -0.05) is 28.1 Å². The Morgan fingerprint density at radius 2 is 1.90 bits per heavy atom. The maximum atomic E-state index is 13.3. The van der Waals surface area contributed by atoms with Gasteiger partial charge in [-0.2, -0.15) is 0 Å².